The molecule has 0 saturated heterocycles. The quantitative estimate of drug-likeness (QED) is 0.426. The maximum Gasteiger partial charge on any atom is 0.0594 e. The molecule has 0 aromatic heterocycles. The molecule has 0 aromatic carbocycles. The van der Waals surface area contributed by atoms with E-state index in [9.17, 15) is 5.11 Å². The number of aliphatic hydroxyl groups excluding tert-OH is 1. The molecule has 5 aliphatic carbocycles. The highest BCUT2D eigenvalue weighted by atomic mass is 16.3. The van der Waals surface area contributed by atoms with Gasteiger partial charge in [0.2, 0.25) is 0 Å². The maximum absolute atomic E-state index is 10.9. The Morgan fingerprint density at radius 2 is 1.55 bits per heavy atom. The van der Waals surface area contributed by atoms with Crippen LogP contribution < -0.4 is 0 Å². The van der Waals surface area contributed by atoms with Gasteiger partial charge in [-0.25, -0.2) is 0 Å². The zero-order chi connectivity index (χ0) is 22.6. The lowest BCUT2D eigenvalue weighted by Gasteiger charge is -2.71. The second-order valence-corrected chi connectivity index (χ2v) is 14.4. The SMILES string of the molecule is C=C(C)C1CCC2(C)CCC3(C)C(C=CC4C5(C)CCC(O)C(C)(C)C5CCC43C)C12. The average molecular weight is 425 g/mol. The topological polar surface area (TPSA) is 20.2 Å². The van der Waals surface area contributed by atoms with Crippen molar-refractivity contribution in [2.75, 3.05) is 0 Å². The first-order valence-corrected chi connectivity index (χ1v) is 13.3. The van der Waals surface area contributed by atoms with Crippen molar-refractivity contribution in [2.45, 2.75) is 106 Å². The van der Waals surface area contributed by atoms with Gasteiger partial charge in [0.15, 0.2) is 0 Å². The molecule has 1 nitrogen and oxygen atoms in total. The average Bonchev–Trinajstić information content (AvgIpc) is 3.04. The van der Waals surface area contributed by atoms with Crippen molar-refractivity contribution in [1.29, 1.82) is 0 Å². The molecule has 5 aliphatic rings. The molecule has 0 aliphatic heterocycles. The van der Waals surface area contributed by atoms with Gasteiger partial charge < -0.3 is 5.11 Å². The molecule has 0 bridgehead atoms. The van der Waals surface area contributed by atoms with Gasteiger partial charge in [0.25, 0.3) is 0 Å². The third-order valence-corrected chi connectivity index (χ3v) is 12.9. The van der Waals surface area contributed by atoms with E-state index in [0.29, 0.717) is 45.3 Å². The summed E-state index contributed by atoms with van der Waals surface area (Å²) in [6.45, 7) is 22.0. The molecule has 0 amide bonds. The molecule has 0 aromatic rings. The van der Waals surface area contributed by atoms with E-state index in [1.807, 2.05) is 0 Å². The Morgan fingerprint density at radius 3 is 2.23 bits per heavy atom. The van der Waals surface area contributed by atoms with Crippen molar-refractivity contribution in [3.05, 3.63) is 24.3 Å². The Balaban J connectivity index is 1.60. The molecular weight excluding hydrogens is 376 g/mol. The first-order valence-electron chi connectivity index (χ1n) is 13.3. The Kier molecular flexibility index (Phi) is 4.68. The zero-order valence-electron chi connectivity index (χ0n) is 21.4. The number of aliphatic hydroxyl groups is 1. The summed E-state index contributed by atoms with van der Waals surface area (Å²) in [7, 11) is 0. The highest BCUT2D eigenvalue weighted by molar-refractivity contribution is 5.27. The third-order valence-electron chi connectivity index (χ3n) is 12.9. The molecule has 1 N–H and O–H groups in total. The fourth-order valence-corrected chi connectivity index (χ4v) is 10.7. The summed E-state index contributed by atoms with van der Waals surface area (Å²) in [5, 5.41) is 10.9. The molecule has 10 unspecified atom stereocenters. The van der Waals surface area contributed by atoms with Gasteiger partial charge in [-0.15, -0.1) is 0 Å². The van der Waals surface area contributed by atoms with Gasteiger partial charge in [-0.05, 0) is 115 Å². The second-order valence-electron chi connectivity index (χ2n) is 14.4. The van der Waals surface area contributed by atoms with Crippen molar-refractivity contribution in [3.8, 4) is 0 Å². The van der Waals surface area contributed by atoms with Crippen LogP contribution in [0.25, 0.3) is 0 Å². The van der Waals surface area contributed by atoms with Crippen LogP contribution in [0.3, 0.4) is 0 Å². The lowest BCUT2D eigenvalue weighted by molar-refractivity contribution is -0.210. The Hall–Kier alpha value is -0.560. The normalized spacial score (nSPS) is 57.4. The fraction of sp³-hybridized carbons (Fsp3) is 0.867. The summed E-state index contributed by atoms with van der Waals surface area (Å²) < 4.78 is 0. The van der Waals surface area contributed by atoms with Crippen LogP contribution in [0.4, 0.5) is 0 Å². The third kappa shape index (κ3) is 2.59. The van der Waals surface area contributed by atoms with Gasteiger partial charge in [-0.3, -0.25) is 0 Å². The van der Waals surface area contributed by atoms with Crippen molar-refractivity contribution in [3.63, 3.8) is 0 Å². The van der Waals surface area contributed by atoms with Gasteiger partial charge in [-0.2, -0.15) is 0 Å². The Labute approximate surface area is 192 Å². The summed E-state index contributed by atoms with van der Waals surface area (Å²) >= 11 is 0. The molecule has 0 spiro atoms. The van der Waals surface area contributed by atoms with E-state index in [2.05, 4.69) is 67.2 Å². The molecule has 4 saturated carbocycles. The number of allylic oxidation sites excluding steroid dienone is 3. The standard InChI is InChI=1S/C30H48O/c1-19(2)20-11-14-27(5)17-18-29(7)21(25(20)27)9-10-23-28(6)15-13-24(31)26(3,4)22(28)12-16-30(23,29)8/h9-10,20-25,31H,1,11-18H2,2-8H3. The van der Waals surface area contributed by atoms with Gasteiger partial charge in [0.05, 0.1) is 6.10 Å². The fourth-order valence-electron chi connectivity index (χ4n) is 10.7. The van der Waals surface area contributed by atoms with E-state index in [1.165, 1.54) is 50.5 Å². The molecular formula is C30H48O. The Bertz CT molecular complexity index is 807. The van der Waals surface area contributed by atoms with Crippen LogP contribution in [-0.2, 0) is 0 Å². The van der Waals surface area contributed by atoms with Crippen molar-refractivity contribution in [1.82, 2.24) is 0 Å². The first-order chi connectivity index (χ1) is 14.3. The van der Waals surface area contributed by atoms with Crippen molar-refractivity contribution < 1.29 is 5.11 Å². The predicted octanol–water partition coefficient (Wildman–Crippen LogP) is 7.80. The molecule has 1 heteroatoms. The smallest absolute Gasteiger partial charge is 0.0594 e. The number of hydrogen-bond acceptors (Lipinski definition) is 1. The number of hydrogen-bond donors (Lipinski definition) is 1. The summed E-state index contributed by atoms with van der Waals surface area (Å²) in [5.74, 6) is 3.43. The lowest BCUT2D eigenvalue weighted by Crippen LogP contribution is -2.65. The van der Waals surface area contributed by atoms with Crippen molar-refractivity contribution >= 4 is 0 Å². The summed E-state index contributed by atoms with van der Waals surface area (Å²) in [6.07, 6.45) is 15.6. The largest absolute Gasteiger partial charge is 0.393 e. The van der Waals surface area contributed by atoms with Crippen LogP contribution in [0.1, 0.15) is 99.8 Å². The zero-order valence-corrected chi connectivity index (χ0v) is 21.4. The van der Waals surface area contributed by atoms with E-state index in [1.54, 1.807) is 0 Å². The molecule has 5 rings (SSSR count). The first kappa shape index (κ1) is 22.2. The minimum atomic E-state index is -0.143. The van der Waals surface area contributed by atoms with E-state index >= 15 is 0 Å². The van der Waals surface area contributed by atoms with Gasteiger partial charge >= 0.3 is 0 Å². The Morgan fingerprint density at radius 1 is 0.839 bits per heavy atom. The monoisotopic (exact) mass is 424 g/mol. The van der Waals surface area contributed by atoms with Crippen LogP contribution in [0.5, 0.6) is 0 Å². The van der Waals surface area contributed by atoms with Gasteiger partial charge in [0, 0.05) is 0 Å². The molecule has 4 fully saturated rings. The molecule has 10 atom stereocenters. The minimum Gasteiger partial charge on any atom is -0.393 e. The van der Waals surface area contributed by atoms with Gasteiger partial charge in [0.1, 0.15) is 0 Å². The van der Waals surface area contributed by atoms with Crippen LogP contribution in [-0.4, -0.2) is 11.2 Å². The molecule has 0 heterocycles. The molecule has 0 radical (unpaired) electrons. The predicted molar refractivity (Wildman–Crippen MR) is 131 cm³/mol. The number of rotatable bonds is 1. The van der Waals surface area contributed by atoms with Crippen LogP contribution in [0.15, 0.2) is 24.3 Å². The number of fused-ring (bicyclic) bond motifs is 7. The van der Waals surface area contributed by atoms with Gasteiger partial charge in [-0.1, -0.05) is 65.8 Å². The van der Waals surface area contributed by atoms with E-state index in [-0.39, 0.29) is 11.5 Å². The van der Waals surface area contributed by atoms with Crippen LogP contribution >= 0.6 is 0 Å². The molecule has 174 valence electrons. The van der Waals surface area contributed by atoms with Crippen LogP contribution in [0.2, 0.25) is 0 Å². The molecule has 31 heavy (non-hydrogen) atoms. The lowest BCUT2D eigenvalue weighted by atomic mass is 9.34. The summed E-state index contributed by atoms with van der Waals surface area (Å²) in [5.41, 5.74) is 3.01. The van der Waals surface area contributed by atoms with E-state index < -0.39 is 0 Å². The van der Waals surface area contributed by atoms with E-state index in [0.717, 1.165) is 12.3 Å². The maximum atomic E-state index is 10.9. The van der Waals surface area contributed by atoms with Crippen molar-refractivity contribution in [2.24, 2.45) is 56.7 Å². The van der Waals surface area contributed by atoms with Crippen LogP contribution in [0, 0.1) is 56.7 Å². The highest BCUT2D eigenvalue weighted by Crippen LogP contribution is 2.75. The van der Waals surface area contributed by atoms with E-state index in [4.69, 9.17) is 0 Å². The minimum absolute atomic E-state index is 0.0293. The summed E-state index contributed by atoms with van der Waals surface area (Å²) in [6, 6.07) is 0. The summed E-state index contributed by atoms with van der Waals surface area (Å²) in [4.78, 5) is 0. The second kappa shape index (κ2) is 6.52. The highest BCUT2D eigenvalue weighted by Gasteiger charge is 2.69.